The molecule has 106 valence electrons. The Morgan fingerprint density at radius 2 is 1.90 bits per heavy atom. The van der Waals surface area contributed by atoms with Gasteiger partial charge in [0.25, 0.3) is 5.91 Å². The van der Waals surface area contributed by atoms with Crippen LogP contribution >= 0.6 is 0 Å². The van der Waals surface area contributed by atoms with Crippen molar-refractivity contribution < 1.29 is 13.2 Å². The number of benzene rings is 1. The summed E-state index contributed by atoms with van der Waals surface area (Å²) in [7, 11) is -2.35. The number of para-hydroxylation sites is 1. The van der Waals surface area contributed by atoms with Gasteiger partial charge in [0.15, 0.2) is 0 Å². The summed E-state index contributed by atoms with van der Waals surface area (Å²) in [4.78, 5) is 12.2. The van der Waals surface area contributed by atoms with E-state index in [4.69, 9.17) is 0 Å². The Bertz CT molecular complexity index is 720. The number of carbonyl (C=O) groups is 1. The Morgan fingerprint density at radius 3 is 2.55 bits per heavy atom. The zero-order valence-electron chi connectivity index (χ0n) is 11.4. The van der Waals surface area contributed by atoms with Crippen LogP contribution < -0.4 is 5.32 Å². The van der Waals surface area contributed by atoms with Gasteiger partial charge in [0.1, 0.15) is 0 Å². The van der Waals surface area contributed by atoms with Crippen LogP contribution in [0.15, 0.2) is 40.4 Å². The molecule has 1 N–H and O–H groups in total. The molecule has 1 amide bonds. The minimum atomic E-state index is -3.69. The van der Waals surface area contributed by atoms with Gasteiger partial charge in [0.2, 0.25) is 0 Å². The monoisotopic (exact) mass is 293 g/mol. The van der Waals surface area contributed by atoms with Crippen LogP contribution in [0.4, 0.5) is 5.69 Å². The van der Waals surface area contributed by atoms with E-state index in [1.54, 1.807) is 6.07 Å². The highest BCUT2D eigenvalue weighted by molar-refractivity contribution is 7.88. The quantitative estimate of drug-likeness (QED) is 0.896. The molecular weight excluding hydrogens is 278 g/mol. The molecule has 0 unspecified atom stereocenters. The van der Waals surface area contributed by atoms with Crippen LogP contribution in [-0.2, 0) is 15.0 Å². The topological polar surface area (TPSA) is 78.8 Å². The van der Waals surface area contributed by atoms with Crippen LogP contribution in [0.2, 0.25) is 0 Å². The molecule has 1 heterocycles. The Kier molecular flexibility index (Phi) is 3.63. The first-order valence-corrected chi connectivity index (χ1v) is 7.34. The molecule has 2 rings (SSSR count). The highest BCUT2D eigenvalue weighted by Crippen LogP contribution is 2.18. The Morgan fingerprint density at radius 1 is 1.25 bits per heavy atom. The summed E-state index contributed by atoms with van der Waals surface area (Å²) >= 11 is 0. The molecule has 20 heavy (non-hydrogen) atoms. The second kappa shape index (κ2) is 5.09. The van der Waals surface area contributed by atoms with Crippen molar-refractivity contribution in [1.29, 1.82) is 0 Å². The normalized spacial score (nSPS) is 17.2. The third kappa shape index (κ3) is 2.72. The van der Waals surface area contributed by atoms with E-state index in [1.165, 1.54) is 20.2 Å². The molecule has 0 aromatic heterocycles. The van der Waals surface area contributed by atoms with Gasteiger partial charge in [-0.1, -0.05) is 18.2 Å². The lowest BCUT2D eigenvalue weighted by Crippen LogP contribution is -2.30. The molecule has 1 aliphatic heterocycles. The maximum atomic E-state index is 12.2. The average molecular weight is 293 g/mol. The van der Waals surface area contributed by atoms with E-state index in [1.807, 2.05) is 25.1 Å². The van der Waals surface area contributed by atoms with Crippen LogP contribution in [0.3, 0.4) is 0 Å². The molecule has 1 aromatic rings. The first-order chi connectivity index (χ1) is 9.31. The predicted molar refractivity (Wildman–Crippen MR) is 77.7 cm³/mol. The second-order valence-electron chi connectivity index (χ2n) is 4.48. The van der Waals surface area contributed by atoms with Crippen molar-refractivity contribution in [2.45, 2.75) is 13.8 Å². The van der Waals surface area contributed by atoms with Gasteiger partial charge in [0.05, 0.1) is 11.3 Å². The summed E-state index contributed by atoms with van der Waals surface area (Å²) in [6.07, 6.45) is 1.27. The summed E-state index contributed by atoms with van der Waals surface area (Å²) in [6, 6.07) is 7.35. The van der Waals surface area contributed by atoms with Crippen molar-refractivity contribution in [2.75, 3.05) is 12.4 Å². The summed E-state index contributed by atoms with van der Waals surface area (Å²) < 4.78 is 27.5. The lowest BCUT2D eigenvalue weighted by molar-refractivity contribution is -0.112. The van der Waals surface area contributed by atoms with Gasteiger partial charge in [-0.15, -0.1) is 4.40 Å². The SMILES string of the molecule is CC1=NS(=O)(=O)N(C)C=C1C(=O)Nc1ccccc1C. The van der Waals surface area contributed by atoms with E-state index in [9.17, 15) is 13.2 Å². The third-order valence-corrected chi connectivity index (χ3v) is 4.29. The van der Waals surface area contributed by atoms with Gasteiger partial charge in [-0.2, -0.15) is 8.42 Å². The van der Waals surface area contributed by atoms with Crippen LogP contribution in [0.25, 0.3) is 0 Å². The van der Waals surface area contributed by atoms with Gasteiger partial charge in [-0.25, -0.2) is 0 Å². The van der Waals surface area contributed by atoms with E-state index in [2.05, 4.69) is 9.71 Å². The molecule has 1 aliphatic rings. The summed E-state index contributed by atoms with van der Waals surface area (Å²) in [6.45, 7) is 3.37. The van der Waals surface area contributed by atoms with E-state index in [0.29, 0.717) is 5.69 Å². The average Bonchev–Trinajstić information content (AvgIpc) is 2.36. The lowest BCUT2D eigenvalue weighted by atomic mass is 10.1. The molecule has 7 heteroatoms. The number of aryl methyl sites for hydroxylation is 1. The van der Waals surface area contributed by atoms with Gasteiger partial charge in [-0.05, 0) is 25.5 Å². The maximum Gasteiger partial charge on any atom is 0.344 e. The van der Waals surface area contributed by atoms with Crippen molar-refractivity contribution in [3.05, 3.63) is 41.6 Å². The molecule has 6 nitrogen and oxygen atoms in total. The first-order valence-electron chi connectivity index (χ1n) is 5.95. The fourth-order valence-electron chi connectivity index (χ4n) is 1.75. The van der Waals surface area contributed by atoms with Crippen LogP contribution in [0, 0.1) is 6.92 Å². The van der Waals surface area contributed by atoms with E-state index in [0.717, 1.165) is 9.87 Å². The molecular formula is C13H15N3O3S. The van der Waals surface area contributed by atoms with Crippen molar-refractivity contribution in [1.82, 2.24) is 4.31 Å². The molecule has 0 radical (unpaired) electrons. The highest BCUT2D eigenvalue weighted by atomic mass is 32.2. The molecule has 0 atom stereocenters. The number of nitrogens with one attached hydrogen (secondary N) is 1. The van der Waals surface area contributed by atoms with Gasteiger partial charge >= 0.3 is 10.2 Å². The summed E-state index contributed by atoms with van der Waals surface area (Å²) in [5, 5.41) is 2.75. The Hall–Kier alpha value is -2.15. The molecule has 0 saturated heterocycles. The number of carbonyl (C=O) groups excluding carboxylic acids is 1. The van der Waals surface area contributed by atoms with Gasteiger partial charge < -0.3 is 5.32 Å². The maximum absolute atomic E-state index is 12.2. The molecule has 1 aromatic carbocycles. The van der Waals surface area contributed by atoms with Crippen molar-refractivity contribution in [3.8, 4) is 0 Å². The highest BCUT2D eigenvalue weighted by Gasteiger charge is 2.25. The Labute approximate surface area is 118 Å². The lowest BCUT2D eigenvalue weighted by Gasteiger charge is -2.19. The largest absolute Gasteiger partial charge is 0.344 e. The summed E-state index contributed by atoms with van der Waals surface area (Å²) in [5.41, 5.74) is 2.01. The van der Waals surface area contributed by atoms with Gasteiger partial charge in [0, 0.05) is 18.9 Å². The third-order valence-electron chi connectivity index (χ3n) is 2.95. The van der Waals surface area contributed by atoms with Crippen LogP contribution in [0.1, 0.15) is 12.5 Å². The molecule has 0 bridgehead atoms. The van der Waals surface area contributed by atoms with E-state index < -0.39 is 10.2 Å². The minimum absolute atomic E-state index is 0.175. The Balaban J connectivity index is 2.27. The standard InChI is InChI=1S/C13H15N3O3S/c1-9-6-4-5-7-12(9)14-13(17)11-8-16(3)20(18,19)15-10(11)2/h4-8H,1-3H3,(H,14,17). The number of nitrogens with zero attached hydrogens (tertiary/aromatic N) is 2. The smallest absolute Gasteiger partial charge is 0.322 e. The number of amides is 1. The molecule has 0 spiro atoms. The van der Waals surface area contributed by atoms with E-state index in [-0.39, 0.29) is 17.2 Å². The number of hydrogen-bond acceptors (Lipinski definition) is 3. The van der Waals surface area contributed by atoms with Crippen LogP contribution in [0.5, 0.6) is 0 Å². The second-order valence-corrected chi connectivity index (χ2v) is 6.14. The van der Waals surface area contributed by atoms with Crippen molar-refractivity contribution >= 4 is 27.5 Å². The zero-order chi connectivity index (χ0) is 14.9. The zero-order valence-corrected chi connectivity index (χ0v) is 12.2. The number of hydrogen-bond donors (Lipinski definition) is 1. The molecule has 0 aliphatic carbocycles. The van der Waals surface area contributed by atoms with Crippen molar-refractivity contribution in [3.63, 3.8) is 0 Å². The van der Waals surface area contributed by atoms with Gasteiger partial charge in [-0.3, -0.25) is 9.10 Å². The number of anilines is 1. The first kappa shape index (κ1) is 14.3. The summed E-state index contributed by atoms with van der Waals surface area (Å²) in [5.74, 6) is -0.387. The number of rotatable bonds is 2. The van der Waals surface area contributed by atoms with Crippen LogP contribution in [-0.4, -0.2) is 31.4 Å². The molecule has 0 saturated carbocycles. The predicted octanol–water partition coefficient (Wildman–Crippen LogP) is 1.47. The fourth-order valence-corrected chi connectivity index (χ4v) is 2.57. The van der Waals surface area contributed by atoms with E-state index >= 15 is 0 Å². The van der Waals surface area contributed by atoms with Crippen molar-refractivity contribution in [2.24, 2.45) is 4.40 Å². The molecule has 0 fully saturated rings. The minimum Gasteiger partial charge on any atom is -0.322 e. The fraction of sp³-hybridized carbons (Fsp3) is 0.231.